The number of hydrogen-bond donors (Lipinski definition) is 2. The minimum absolute atomic E-state index is 0.115. The number of benzene rings is 3. The third kappa shape index (κ3) is 2.64. The van der Waals surface area contributed by atoms with E-state index in [1.54, 1.807) is 0 Å². The molecule has 28 heavy (non-hydrogen) atoms. The van der Waals surface area contributed by atoms with E-state index in [1.165, 1.54) is 49.9 Å². The molecule has 5 rings (SSSR count). The van der Waals surface area contributed by atoms with Gasteiger partial charge in [-0.3, -0.25) is 0 Å². The van der Waals surface area contributed by atoms with Crippen molar-refractivity contribution in [1.82, 2.24) is 9.97 Å². The van der Waals surface area contributed by atoms with Crippen LogP contribution in [0.25, 0.3) is 21.8 Å². The summed E-state index contributed by atoms with van der Waals surface area (Å²) in [6, 6.07) is 25.4. The van der Waals surface area contributed by atoms with Gasteiger partial charge in [-0.2, -0.15) is 0 Å². The third-order valence-electron chi connectivity index (χ3n) is 5.67. The third-order valence-corrected chi connectivity index (χ3v) is 5.92. The number of halogens is 1. The van der Waals surface area contributed by atoms with Crippen molar-refractivity contribution in [1.29, 1.82) is 0 Å². The first kappa shape index (κ1) is 17.2. The van der Waals surface area contributed by atoms with Gasteiger partial charge in [-0.05, 0) is 54.8 Å². The zero-order chi connectivity index (χ0) is 19.3. The summed E-state index contributed by atoms with van der Waals surface area (Å²) in [6.45, 7) is 4.34. The molecule has 0 saturated carbocycles. The van der Waals surface area contributed by atoms with E-state index in [9.17, 15) is 0 Å². The highest BCUT2D eigenvalue weighted by molar-refractivity contribution is 6.30. The van der Waals surface area contributed by atoms with Crippen molar-refractivity contribution in [3.05, 3.63) is 106 Å². The first-order valence-corrected chi connectivity index (χ1v) is 9.91. The van der Waals surface area contributed by atoms with E-state index in [0.717, 1.165) is 5.02 Å². The molecule has 0 fully saturated rings. The molecule has 0 aliphatic heterocycles. The van der Waals surface area contributed by atoms with Gasteiger partial charge in [-0.25, -0.2) is 0 Å². The van der Waals surface area contributed by atoms with Crippen molar-refractivity contribution in [2.24, 2.45) is 0 Å². The highest BCUT2D eigenvalue weighted by Gasteiger charge is 2.26. The lowest BCUT2D eigenvalue weighted by atomic mass is 9.82. The predicted molar refractivity (Wildman–Crippen MR) is 118 cm³/mol. The average Bonchev–Trinajstić information content (AvgIpc) is 3.20. The Morgan fingerprint density at radius 1 is 0.643 bits per heavy atom. The Morgan fingerprint density at radius 2 is 1.11 bits per heavy atom. The Balaban J connectivity index is 1.87. The maximum Gasteiger partial charge on any atom is 0.0459 e. The van der Waals surface area contributed by atoms with Gasteiger partial charge in [0.05, 0.1) is 0 Å². The van der Waals surface area contributed by atoms with E-state index in [0.29, 0.717) is 0 Å². The van der Waals surface area contributed by atoms with Gasteiger partial charge in [-0.1, -0.05) is 60.1 Å². The number of aromatic amines is 2. The smallest absolute Gasteiger partial charge is 0.0459 e. The molecule has 2 N–H and O–H groups in total. The Hall–Kier alpha value is -2.97. The molecule has 2 nitrogen and oxygen atoms in total. The summed E-state index contributed by atoms with van der Waals surface area (Å²) in [7, 11) is 0. The van der Waals surface area contributed by atoms with Gasteiger partial charge in [0.1, 0.15) is 0 Å². The van der Waals surface area contributed by atoms with Crippen LogP contribution < -0.4 is 0 Å². The van der Waals surface area contributed by atoms with Gasteiger partial charge in [0.2, 0.25) is 0 Å². The van der Waals surface area contributed by atoms with Gasteiger partial charge < -0.3 is 9.97 Å². The molecule has 0 saturated heterocycles. The maximum atomic E-state index is 6.21. The Kier molecular flexibility index (Phi) is 4.03. The average molecular weight is 385 g/mol. The van der Waals surface area contributed by atoms with Crippen LogP contribution in [0.4, 0.5) is 0 Å². The van der Waals surface area contributed by atoms with E-state index in [4.69, 9.17) is 11.6 Å². The topological polar surface area (TPSA) is 31.6 Å². The Morgan fingerprint density at radius 3 is 1.61 bits per heavy atom. The van der Waals surface area contributed by atoms with Crippen LogP contribution in [0.15, 0.2) is 72.8 Å². The molecule has 3 heteroatoms. The van der Waals surface area contributed by atoms with E-state index < -0.39 is 0 Å². The summed E-state index contributed by atoms with van der Waals surface area (Å²) >= 11 is 6.21. The summed E-state index contributed by atoms with van der Waals surface area (Å²) in [5, 5.41) is 3.29. The molecule has 0 amide bonds. The summed E-state index contributed by atoms with van der Waals surface area (Å²) < 4.78 is 0. The molecule has 0 aliphatic rings. The van der Waals surface area contributed by atoms with E-state index in [1.807, 2.05) is 12.1 Å². The number of hydrogen-bond acceptors (Lipinski definition) is 0. The predicted octanol–water partition coefficient (Wildman–Crippen LogP) is 7.10. The summed E-state index contributed by atoms with van der Waals surface area (Å²) in [4.78, 5) is 7.16. The van der Waals surface area contributed by atoms with Crippen molar-refractivity contribution in [3.8, 4) is 0 Å². The van der Waals surface area contributed by atoms with Crippen LogP contribution >= 0.6 is 11.6 Å². The largest absolute Gasteiger partial charge is 0.358 e. The quantitative estimate of drug-likeness (QED) is 0.332. The van der Waals surface area contributed by atoms with E-state index in [-0.39, 0.29) is 5.92 Å². The van der Waals surface area contributed by atoms with Gasteiger partial charge >= 0.3 is 0 Å². The van der Waals surface area contributed by atoms with Crippen molar-refractivity contribution in [2.45, 2.75) is 19.8 Å². The van der Waals surface area contributed by atoms with Gasteiger partial charge in [0.15, 0.2) is 0 Å². The molecule has 0 atom stereocenters. The zero-order valence-corrected chi connectivity index (χ0v) is 16.6. The molecule has 3 aromatic carbocycles. The van der Waals surface area contributed by atoms with Crippen molar-refractivity contribution < 1.29 is 0 Å². The minimum atomic E-state index is 0.115. The Labute approximate surface area is 169 Å². The van der Waals surface area contributed by atoms with Crippen LogP contribution in [0.2, 0.25) is 5.02 Å². The zero-order valence-electron chi connectivity index (χ0n) is 15.9. The number of aryl methyl sites for hydroxylation is 2. The van der Waals surface area contributed by atoms with Gasteiger partial charge in [0, 0.05) is 44.1 Å². The fourth-order valence-corrected chi connectivity index (χ4v) is 4.60. The fraction of sp³-hybridized carbons (Fsp3) is 0.120. The highest BCUT2D eigenvalue weighted by Crippen LogP contribution is 2.42. The number of aromatic nitrogens is 2. The van der Waals surface area contributed by atoms with Crippen LogP contribution in [0.5, 0.6) is 0 Å². The molecule has 0 bridgehead atoms. The van der Waals surface area contributed by atoms with Crippen LogP contribution in [0.3, 0.4) is 0 Å². The first-order chi connectivity index (χ1) is 13.6. The molecule has 138 valence electrons. The second-order valence-corrected chi connectivity index (χ2v) is 7.84. The molecule has 2 aromatic heterocycles. The highest BCUT2D eigenvalue weighted by atomic mass is 35.5. The SMILES string of the molecule is Cc1[nH]c2ccccc2c1C(c1ccc(Cl)cc1)c1c(C)[nH]c2ccccc12. The molecule has 5 aromatic rings. The molecule has 0 spiro atoms. The van der Waals surface area contributed by atoms with Crippen molar-refractivity contribution in [3.63, 3.8) is 0 Å². The second-order valence-electron chi connectivity index (χ2n) is 7.40. The minimum Gasteiger partial charge on any atom is -0.358 e. The van der Waals surface area contributed by atoms with Crippen molar-refractivity contribution >= 4 is 33.4 Å². The van der Waals surface area contributed by atoms with Crippen molar-refractivity contribution in [2.75, 3.05) is 0 Å². The summed E-state index contributed by atoms with van der Waals surface area (Å²) in [5.41, 5.74) is 8.64. The summed E-state index contributed by atoms with van der Waals surface area (Å²) in [6.07, 6.45) is 0. The molecular formula is C25H21ClN2. The number of H-pyrrole nitrogens is 2. The van der Waals surface area contributed by atoms with Gasteiger partial charge in [0.25, 0.3) is 0 Å². The number of rotatable bonds is 3. The van der Waals surface area contributed by atoms with Crippen LogP contribution in [0.1, 0.15) is 34.0 Å². The molecule has 0 radical (unpaired) electrons. The molecular weight excluding hydrogens is 364 g/mol. The maximum absolute atomic E-state index is 6.21. The standard InChI is InChI=1S/C25H21ClN2/c1-15-23(19-7-3-5-9-21(19)27-15)25(17-11-13-18(26)14-12-17)24-16(2)28-22-10-6-4-8-20(22)24/h3-14,25,27-28H,1-2H3. The van der Waals surface area contributed by atoms with Crippen LogP contribution in [-0.4, -0.2) is 9.97 Å². The lowest BCUT2D eigenvalue weighted by molar-refractivity contribution is 0.962. The molecule has 2 heterocycles. The van der Waals surface area contributed by atoms with Crippen LogP contribution in [-0.2, 0) is 0 Å². The number of para-hydroxylation sites is 2. The van der Waals surface area contributed by atoms with Crippen LogP contribution in [0, 0.1) is 13.8 Å². The van der Waals surface area contributed by atoms with E-state index in [2.05, 4.69) is 84.5 Å². The lowest BCUT2D eigenvalue weighted by Gasteiger charge is -2.20. The number of nitrogens with one attached hydrogen (secondary N) is 2. The van der Waals surface area contributed by atoms with Gasteiger partial charge in [-0.15, -0.1) is 0 Å². The Bertz CT molecular complexity index is 1210. The summed E-state index contributed by atoms with van der Waals surface area (Å²) in [5.74, 6) is 0.115. The first-order valence-electron chi connectivity index (χ1n) is 9.53. The lowest BCUT2D eigenvalue weighted by Crippen LogP contribution is -2.05. The monoisotopic (exact) mass is 384 g/mol. The molecule has 0 aliphatic carbocycles. The number of fused-ring (bicyclic) bond motifs is 2. The molecule has 0 unspecified atom stereocenters. The normalized spacial score (nSPS) is 11.7. The second kappa shape index (κ2) is 6.57. The fourth-order valence-electron chi connectivity index (χ4n) is 4.47. The van der Waals surface area contributed by atoms with E-state index >= 15 is 0 Å².